The van der Waals surface area contributed by atoms with E-state index in [1.165, 1.54) is 5.56 Å². The maximum absolute atomic E-state index is 12.9. The van der Waals surface area contributed by atoms with Gasteiger partial charge in [-0.15, -0.1) is 0 Å². The van der Waals surface area contributed by atoms with Crippen LogP contribution in [0, 0.1) is 0 Å². The molecule has 0 unspecified atom stereocenters. The number of anilines is 4. The van der Waals surface area contributed by atoms with Gasteiger partial charge in [0.15, 0.2) is 0 Å². The Bertz CT molecular complexity index is 925. The minimum absolute atomic E-state index is 0.00363. The van der Waals surface area contributed by atoms with Crippen molar-refractivity contribution in [1.82, 2.24) is 9.97 Å². The Hall–Kier alpha value is -3.20. The molecule has 0 radical (unpaired) electrons. The number of fused-ring (bicyclic) bond motifs is 1. The third-order valence-corrected chi connectivity index (χ3v) is 5.20. The highest BCUT2D eigenvalue weighted by atomic mass is 16.5. The summed E-state index contributed by atoms with van der Waals surface area (Å²) in [6.45, 7) is 4.51. The number of benzene rings is 1. The number of carbonyl (C=O) groups excluding carboxylic acids is 2. The Kier molecular flexibility index (Phi) is 5.30. The summed E-state index contributed by atoms with van der Waals surface area (Å²) in [5, 5.41) is 5.61. The molecular weight excluding hydrogens is 372 g/mol. The number of amides is 2. The molecule has 0 aliphatic carbocycles. The lowest BCUT2D eigenvalue weighted by Crippen LogP contribution is -2.38. The molecule has 1 saturated heterocycles. The topological polar surface area (TPSA) is 122 Å². The number of hydrogen-bond donors (Lipinski definition) is 3. The molecular formula is C20H24N6O3. The lowest BCUT2D eigenvalue weighted by molar-refractivity contribution is -0.123. The molecule has 9 nitrogen and oxygen atoms in total. The number of morpholine rings is 1. The summed E-state index contributed by atoms with van der Waals surface area (Å²) >= 11 is 0. The average molecular weight is 396 g/mol. The zero-order chi connectivity index (χ0) is 20.4. The van der Waals surface area contributed by atoms with Crippen LogP contribution in [0.3, 0.4) is 0 Å². The third kappa shape index (κ3) is 4.00. The van der Waals surface area contributed by atoms with E-state index in [0.717, 1.165) is 6.42 Å². The zero-order valence-corrected chi connectivity index (χ0v) is 16.3. The zero-order valence-electron chi connectivity index (χ0n) is 16.3. The predicted octanol–water partition coefficient (Wildman–Crippen LogP) is 1.52. The van der Waals surface area contributed by atoms with Crippen molar-refractivity contribution in [3.8, 4) is 0 Å². The van der Waals surface area contributed by atoms with Gasteiger partial charge in [-0.1, -0.05) is 19.1 Å². The number of hydrogen-bond acceptors (Lipinski definition) is 7. The normalized spacial score (nSPS) is 18.7. The number of nitrogen functional groups attached to an aromatic ring is 1. The van der Waals surface area contributed by atoms with Gasteiger partial charge < -0.3 is 26.0 Å². The van der Waals surface area contributed by atoms with Crippen LogP contribution in [-0.4, -0.2) is 48.1 Å². The number of nitrogens with zero attached hydrogens (tertiary/aromatic N) is 3. The molecule has 1 aromatic heterocycles. The van der Waals surface area contributed by atoms with Gasteiger partial charge in [-0.25, -0.2) is 0 Å². The van der Waals surface area contributed by atoms with Crippen molar-refractivity contribution in [3.05, 3.63) is 35.4 Å². The van der Waals surface area contributed by atoms with Crippen molar-refractivity contribution < 1.29 is 14.3 Å². The lowest BCUT2D eigenvalue weighted by atomic mass is 9.92. The Labute approximate surface area is 168 Å². The fraction of sp³-hybridized carbons (Fsp3) is 0.400. The molecule has 9 heteroatoms. The van der Waals surface area contributed by atoms with E-state index < -0.39 is 5.92 Å². The van der Waals surface area contributed by atoms with Crippen LogP contribution >= 0.6 is 0 Å². The van der Waals surface area contributed by atoms with Gasteiger partial charge >= 0.3 is 0 Å². The molecule has 4 N–H and O–H groups in total. The second-order valence-electron chi connectivity index (χ2n) is 7.12. The van der Waals surface area contributed by atoms with Crippen molar-refractivity contribution >= 4 is 35.1 Å². The van der Waals surface area contributed by atoms with Crippen molar-refractivity contribution in [2.75, 3.05) is 47.6 Å². The monoisotopic (exact) mass is 396 g/mol. The van der Waals surface area contributed by atoms with Crippen LogP contribution in [0.2, 0.25) is 0 Å². The van der Waals surface area contributed by atoms with Gasteiger partial charge in [0, 0.05) is 25.2 Å². The molecule has 0 spiro atoms. The fourth-order valence-electron chi connectivity index (χ4n) is 3.57. The van der Waals surface area contributed by atoms with Gasteiger partial charge in [-0.2, -0.15) is 9.97 Å². The maximum atomic E-state index is 12.9. The molecule has 4 rings (SSSR count). The molecule has 0 saturated carbocycles. The first-order valence-corrected chi connectivity index (χ1v) is 9.75. The van der Waals surface area contributed by atoms with Crippen LogP contribution in [0.1, 0.15) is 30.4 Å². The van der Waals surface area contributed by atoms with Crippen molar-refractivity contribution in [1.29, 1.82) is 0 Å². The van der Waals surface area contributed by atoms with E-state index in [-0.39, 0.29) is 24.1 Å². The van der Waals surface area contributed by atoms with Crippen LogP contribution in [0.4, 0.5) is 23.3 Å². The third-order valence-electron chi connectivity index (χ3n) is 5.20. The number of nitrogens with one attached hydrogen (secondary N) is 2. The van der Waals surface area contributed by atoms with E-state index in [1.54, 1.807) is 0 Å². The Morgan fingerprint density at radius 1 is 1.28 bits per heavy atom. The minimum atomic E-state index is -0.747. The van der Waals surface area contributed by atoms with Crippen LogP contribution < -0.4 is 21.3 Å². The van der Waals surface area contributed by atoms with Crippen LogP contribution in [0.5, 0.6) is 0 Å². The average Bonchev–Trinajstić information content (AvgIpc) is 2.74. The molecule has 3 heterocycles. The van der Waals surface area contributed by atoms with E-state index >= 15 is 0 Å². The standard InChI is InChI=1S/C20H24N6O3/c1-2-12-3-5-13(6-4-12)22-19(28)14-11-15(27)23-18-16(14)17(21)24-20(25-18)26-7-9-29-10-8-26/h3-6,14H,2,7-11H2,1H3,(H,22,28)(H3,21,23,24,25,27)/t14-/m0/s1. The maximum Gasteiger partial charge on any atom is 0.232 e. The summed E-state index contributed by atoms with van der Waals surface area (Å²) in [5.41, 5.74) is 8.53. The molecule has 1 fully saturated rings. The summed E-state index contributed by atoms with van der Waals surface area (Å²) in [6, 6.07) is 7.62. The summed E-state index contributed by atoms with van der Waals surface area (Å²) in [5.74, 6) is -0.385. The van der Waals surface area contributed by atoms with Gasteiger partial charge in [-0.3, -0.25) is 9.59 Å². The van der Waals surface area contributed by atoms with Gasteiger partial charge in [0.2, 0.25) is 17.8 Å². The largest absolute Gasteiger partial charge is 0.383 e. The molecule has 1 atom stereocenters. The summed E-state index contributed by atoms with van der Waals surface area (Å²) in [4.78, 5) is 36.0. The number of aromatic nitrogens is 2. The highest BCUT2D eigenvalue weighted by Crippen LogP contribution is 2.36. The second kappa shape index (κ2) is 8.04. The second-order valence-corrected chi connectivity index (χ2v) is 7.12. The van der Waals surface area contributed by atoms with Crippen molar-refractivity contribution in [2.24, 2.45) is 0 Å². The van der Waals surface area contributed by atoms with Gasteiger partial charge in [0.25, 0.3) is 0 Å². The molecule has 0 bridgehead atoms. The first-order chi connectivity index (χ1) is 14.0. The molecule has 1 aromatic carbocycles. The highest BCUT2D eigenvalue weighted by molar-refractivity contribution is 6.05. The lowest BCUT2D eigenvalue weighted by Gasteiger charge is -2.30. The molecule has 2 amide bonds. The van der Waals surface area contributed by atoms with Crippen molar-refractivity contribution in [2.45, 2.75) is 25.7 Å². The molecule has 2 aliphatic heterocycles. The van der Waals surface area contributed by atoms with E-state index in [4.69, 9.17) is 10.5 Å². The van der Waals surface area contributed by atoms with E-state index in [9.17, 15) is 9.59 Å². The fourth-order valence-corrected chi connectivity index (χ4v) is 3.57. The van der Waals surface area contributed by atoms with Crippen LogP contribution in [-0.2, 0) is 20.7 Å². The van der Waals surface area contributed by atoms with E-state index in [2.05, 4.69) is 27.5 Å². The Balaban J connectivity index is 1.60. The van der Waals surface area contributed by atoms with Gasteiger partial charge in [0.05, 0.1) is 24.7 Å². The number of aryl methyl sites for hydroxylation is 1. The van der Waals surface area contributed by atoms with Crippen LogP contribution in [0.15, 0.2) is 24.3 Å². The number of rotatable bonds is 4. The van der Waals surface area contributed by atoms with E-state index in [1.807, 2.05) is 29.2 Å². The van der Waals surface area contributed by atoms with Gasteiger partial charge in [0.1, 0.15) is 11.6 Å². The quantitative estimate of drug-likeness (QED) is 0.716. The molecule has 2 aromatic rings. The molecule has 152 valence electrons. The number of nitrogens with two attached hydrogens (primary N) is 1. The number of ether oxygens (including phenoxy) is 1. The van der Waals surface area contributed by atoms with Gasteiger partial charge in [-0.05, 0) is 24.1 Å². The molecule has 2 aliphatic rings. The minimum Gasteiger partial charge on any atom is -0.383 e. The SMILES string of the molecule is CCc1ccc(NC(=O)[C@H]2CC(=O)Nc3nc(N4CCOCC4)nc(N)c32)cc1. The Morgan fingerprint density at radius 3 is 2.69 bits per heavy atom. The van der Waals surface area contributed by atoms with Crippen LogP contribution in [0.25, 0.3) is 0 Å². The highest BCUT2D eigenvalue weighted by Gasteiger charge is 2.35. The van der Waals surface area contributed by atoms with Crippen molar-refractivity contribution in [3.63, 3.8) is 0 Å². The molecule has 29 heavy (non-hydrogen) atoms. The summed E-state index contributed by atoms with van der Waals surface area (Å²) in [7, 11) is 0. The number of carbonyl (C=O) groups is 2. The predicted molar refractivity (Wildman–Crippen MR) is 110 cm³/mol. The Morgan fingerprint density at radius 2 is 2.00 bits per heavy atom. The smallest absolute Gasteiger partial charge is 0.232 e. The summed E-state index contributed by atoms with van der Waals surface area (Å²) in [6.07, 6.45) is 0.917. The van der Waals surface area contributed by atoms with E-state index in [0.29, 0.717) is 49.3 Å². The first kappa shape index (κ1) is 19.1. The first-order valence-electron chi connectivity index (χ1n) is 9.75. The summed E-state index contributed by atoms with van der Waals surface area (Å²) < 4.78 is 5.35.